The van der Waals surface area contributed by atoms with Crippen LogP contribution in [0.1, 0.15) is 57.4 Å². The van der Waals surface area contributed by atoms with E-state index >= 15 is 0 Å². The lowest BCUT2D eigenvalue weighted by atomic mass is 9.92. The maximum absolute atomic E-state index is 12.9. The number of benzene rings is 4. The quantitative estimate of drug-likeness (QED) is 0.328. The van der Waals surface area contributed by atoms with Crippen LogP contribution in [0.3, 0.4) is 0 Å². The van der Waals surface area contributed by atoms with E-state index in [4.69, 9.17) is 4.74 Å². The zero-order valence-electron chi connectivity index (χ0n) is 19.2. The molecule has 4 amide bonds. The second-order valence-electron chi connectivity index (χ2n) is 8.08. The molecular weight excluding hydrogens is 472 g/mol. The molecule has 180 valence electrons. The van der Waals surface area contributed by atoms with Gasteiger partial charge in [0, 0.05) is 11.1 Å². The molecule has 0 radical (unpaired) electrons. The fourth-order valence-corrected chi connectivity index (χ4v) is 4.07. The van der Waals surface area contributed by atoms with Crippen molar-refractivity contribution in [2.75, 3.05) is 0 Å². The third kappa shape index (κ3) is 4.51. The minimum Gasteiger partial charge on any atom is -0.457 e. The Morgan fingerprint density at radius 1 is 0.486 bits per heavy atom. The highest BCUT2D eigenvalue weighted by Gasteiger charge is 2.35. The molecule has 0 atom stereocenters. The van der Waals surface area contributed by atoms with Crippen LogP contribution in [-0.4, -0.2) is 29.4 Å². The van der Waals surface area contributed by atoms with Crippen molar-refractivity contribution in [3.63, 3.8) is 0 Å². The maximum Gasteiger partial charge on any atom is 0.259 e. The van der Waals surface area contributed by atoms with Crippen molar-refractivity contribution >= 4 is 29.4 Å². The second kappa shape index (κ2) is 9.71. The second-order valence-corrected chi connectivity index (χ2v) is 8.08. The predicted molar refractivity (Wildman–Crippen MR) is 133 cm³/mol. The number of carbonyl (C=O) groups is 5. The number of ether oxygens (including phenoxy) is 1. The first-order chi connectivity index (χ1) is 17.9. The molecule has 0 unspecified atom stereocenters. The van der Waals surface area contributed by atoms with E-state index < -0.39 is 29.4 Å². The number of nitrogens with one attached hydrogen (secondary N) is 2. The molecule has 0 saturated heterocycles. The highest BCUT2D eigenvalue weighted by Crippen LogP contribution is 2.27. The van der Waals surface area contributed by atoms with E-state index in [9.17, 15) is 24.0 Å². The van der Waals surface area contributed by atoms with Crippen LogP contribution in [0, 0.1) is 0 Å². The SMILES string of the molecule is O=C1NC(=O)c2c1cccc2C(=O)c1cccc2c1C(=O)NC2=O.c1ccc(Oc2ccccc2)cc1. The van der Waals surface area contributed by atoms with Gasteiger partial charge in [-0.25, -0.2) is 0 Å². The third-order valence-corrected chi connectivity index (χ3v) is 5.74. The van der Waals surface area contributed by atoms with Crippen LogP contribution in [0.15, 0.2) is 97.1 Å². The van der Waals surface area contributed by atoms with Crippen LogP contribution >= 0.6 is 0 Å². The Labute approximate surface area is 210 Å². The summed E-state index contributed by atoms with van der Waals surface area (Å²) in [5.74, 6) is -1.33. The molecule has 0 spiro atoms. The molecular formula is C29H18N2O6. The Morgan fingerprint density at radius 2 is 0.892 bits per heavy atom. The summed E-state index contributed by atoms with van der Waals surface area (Å²) < 4.78 is 5.58. The van der Waals surface area contributed by atoms with Crippen molar-refractivity contribution in [3.05, 3.63) is 130 Å². The summed E-state index contributed by atoms with van der Waals surface area (Å²) >= 11 is 0. The molecule has 8 nitrogen and oxygen atoms in total. The van der Waals surface area contributed by atoms with Gasteiger partial charge in [-0.1, -0.05) is 60.7 Å². The lowest BCUT2D eigenvalue weighted by molar-refractivity contribution is 0.0863. The first-order valence-electron chi connectivity index (χ1n) is 11.2. The minimum atomic E-state index is -0.660. The Morgan fingerprint density at radius 3 is 1.30 bits per heavy atom. The average Bonchev–Trinajstić information content (AvgIpc) is 3.39. The van der Waals surface area contributed by atoms with Crippen molar-refractivity contribution in [1.82, 2.24) is 10.6 Å². The zero-order valence-corrected chi connectivity index (χ0v) is 19.2. The molecule has 37 heavy (non-hydrogen) atoms. The highest BCUT2D eigenvalue weighted by molar-refractivity contribution is 6.30. The number of imide groups is 2. The number of amides is 4. The van der Waals surface area contributed by atoms with Gasteiger partial charge in [-0.15, -0.1) is 0 Å². The lowest BCUT2D eigenvalue weighted by Crippen LogP contribution is -2.22. The summed E-state index contributed by atoms with van der Waals surface area (Å²) in [5.41, 5.74) is 0.204. The predicted octanol–water partition coefficient (Wildman–Crippen LogP) is 4.16. The molecule has 8 heteroatoms. The van der Waals surface area contributed by atoms with Crippen LogP contribution in [0.4, 0.5) is 0 Å². The summed E-state index contributed by atoms with van der Waals surface area (Å²) in [4.78, 5) is 60.3. The van der Waals surface area contributed by atoms with E-state index in [0.29, 0.717) is 0 Å². The summed E-state index contributed by atoms with van der Waals surface area (Å²) in [6.45, 7) is 0. The van der Waals surface area contributed by atoms with Crippen LogP contribution in [0.2, 0.25) is 0 Å². The topological polar surface area (TPSA) is 119 Å². The monoisotopic (exact) mass is 490 g/mol. The molecule has 0 saturated carbocycles. The normalized spacial score (nSPS) is 13.1. The lowest BCUT2D eigenvalue weighted by Gasteiger charge is -2.07. The van der Waals surface area contributed by atoms with E-state index in [-0.39, 0.29) is 33.4 Å². The molecule has 4 aromatic rings. The van der Waals surface area contributed by atoms with Gasteiger partial charge in [0.05, 0.1) is 22.3 Å². The van der Waals surface area contributed by atoms with Gasteiger partial charge in [-0.3, -0.25) is 34.6 Å². The molecule has 2 aliphatic rings. The average molecular weight is 490 g/mol. The van der Waals surface area contributed by atoms with E-state index in [0.717, 1.165) is 11.5 Å². The van der Waals surface area contributed by atoms with Crippen LogP contribution < -0.4 is 15.4 Å². The standard InChI is InChI=1S/C17H8N2O5.C12H10O/c20-13(7-3-1-5-9-11(7)16(23)18-14(9)21)8-4-2-6-10-12(8)17(24)19-15(10)22;1-3-7-11(8-4-1)13-12-9-5-2-6-10-12/h1-6H,(H,18,21,23)(H,19,22,24);1-10H. The minimum absolute atomic E-state index is 0.0106. The smallest absolute Gasteiger partial charge is 0.259 e. The Balaban J connectivity index is 0.000000182. The number of hydrogen-bond donors (Lipinski definition) is 2. The summed E-state index contributed by atoms with van der Waals surface area (Å²) in [6.07, 6.45) is 0. The molecule has 2 heterocycles. The summed E-state index contributed by atoms with van der Waals surface area (Å²) in [6, 6.07) is 28.2. The fraction of sp³-hybridized carbons (Fsp3) is 0. The van der Waals surface area contributed by atoms with Crippen molar-refractivity contribution < 1.29 is 28.7 Å². The van der Waals surface area contributed by atoms with E-state index in [2.05, 4.69) is 10.6 Å². The molecule has 4 aromatic carbocycles. The van der Waals surface area contributed by atoms with Crippen molar-refractivity contribution in [2.24, 2.45) is 0 Å². The molecule has 0 aliphatic carbocycles. The first-order valence-corrected chi connectivity index (χ1v) is 11.2. The number of carbonyl (C=O) groups excluding carboxylic acids is 5. The fourth-order valence-electron chi connectivity index (χ4n) is 4.07. The first kappa shape index (κ1) is 23.4. The van der Waals surface area contributed by atoms with Crippen molar-refractivity contribution in [1.29, 1.82) is 0 Å². The summed E-state index contributed by atoms with van der Waals surface area (Å²) in [7, 11) is 0. The van der Waals surface area contributed by atoms with E-state index in [1.54, 1.807) is 0 Å². The third-order valence-electron chi connectivity index (χ3n) is 5.74. The molecule has 0 aromatic heterocycles. The maximum atomic E-state index is 12.9. The van der Waals surface area contributed by atoms with Crippen molar-refractivity contribution in [2.45, 2.75) is 0 Å². The largest absolute Gasteiger partial charge is 0.457 e. The van der Waals surface area contributed by atoms with Gasteiger partial charge < -0.3 is 4.74 Å². The molecule has 0 fully saturated rings. The highest BCUT2D eigenvalue weighted by atomic mass is 16.5. The molecule has 2 N–H and O–H groups in total. The van der Waals surface area contributed by atoms with Gasteiger partial charge in [-0.2, -0.15) is 0 Å². The number of para-hydroxylation sites is 2. The summed E-state index contributed by atoms with van der Waals surface area (Å²) in [5, 5.41) is 4.27. The number of ketones is 1. The van der Waals surface area contributed by atoms with Crippen molar-refractivity contribution in [3.8, 4) is 11.5 Å². The number of hydrogen-bond acceptors (Lipinski definition) is 6. The molecule has 2 aliphatic heterocycles. The number of fused-ring (bicyclic) bond motifs is 2. The zero-order chi connectivity index (χ0) is 25.9. The van der Waals surface area contributed by atoms with E-state index in [1.165, 1.54) is 36.4 Å². The van der Waals surface area contributed by atoms with Gasteiger partial charge in [0.2, 0.25) is 0 Å². The van der Waals surface area contributed by atoms with Crippen LogP contribution in [-0.2, 0) is 0 Å². The van der Waals surface area contributed by atoms with Gasteiger partial charge >= 0.3 is 0 Å². The van der Waals surface area contributed by atoms with E-state index in [1.807, 2.05) is 60.7 Å². The number of rotatable bonds is 4. The molecule has 0 bridgehead atoms. The van der Waals surface area contributed by atoms with Gasteiger partial charge in [0.15, 0.2) is 5.78 Å². The Bertz CT molecular complexity index is 1460. The van der Waals surface area contributed by atoms with Gasteiger partial charge in [-0.05, 0) is 36.4 Å². The molecule has 6 rings (SSSR count). The Kier molecular flexibility index (Phi) is 6.13. The van der Waals surface area contributed by atoms with Crippen LogP contribution in [0.5, 0.6) is 11.5 Å². The van der Waals surface area contributed by atoms with Gasteiger partial charge in [0.25, 0.3) is 23.6 Å². The Hall–Kier alpha value is -5.37. The van der Waals surface area contributed by atoms with Crippen LogP contribution in [0.25, 0.3) is 0 Å². The van der Waals surface area contributed by atoms with Gasteiger partial charge in [0.1, 0.15) is 11.5 Å².